The van der Waals surface area contributed by atoms with Crippen molar-refractivity contribution in [3.63, 3.8) is 0 Å². The van der Waals surface area contributed by atoms with Gasteiger partial charge in [0.2, 0.25) is 0 Å². The SMILES string of the molecule is [2H]c1[nH]c2ccc(C[C@@H]3NC(=O)OC3([2H])[2H])cc2c1C([2H])([2H])C([2H])([2H])N(C)C. The number of aromatic amines is 1. The number of hydrogen-bond acceptors (Lipinski definition) is 3. The molecule has 1 aliphatic rings. The van der Waals surface area contributed by atoms with Crippen molar-refractivity contribution in [2.45, 2.75) is 18.8 Å². The standard InChI is InChI=1S/C16H21N3O2/c1-19(2)6-5-12-9-17-15-4-3-11(8-14(12)15)7-13-10-21-16(20)18-13/h3-4,8-9,13,17H,5-7,10H2,1-2H3,(H,18,20)/t13-/m0/s1/i5D2,6D2,9D,10D2. The first-order chi connectivity index (χ1) is 12.8. The van der Waals surface area contributed by atoms with Crippen LogP contribution >= 0.6 is 0 Å². The van der Waals surface area contributed by atoms with Crippen molar-refractivity contribution in [1.29, 1.82) is 0 Å². The van der Waals surface area contributed by atoms with Crippen LogP contribution in [0.3, 0.4) is 0 Å². The molecule has 0 aliphatic carbocycles. The Kier molecular flexibility index (Phi) is 2.16. The number of amides is 1. The third-order valence-electron chi connectivity index (χ3n) is 3.11. The fourth-order valence-corrected chi connectivity index (χ4v) is 2.15. The molecule has 2 heterocycles. The first-order valence-electron chi connectivity index (χ1n) is 10.1. The molecule has 5 nitrogen and oxygen atoms in total. The lowest BCUT2D eigenvalue weighted by Gasteiger charge is -2.09. The minimum atomic E-state index is -2.50. The van der Waals surface area contributed by atoms with E-state index < -0.39 is 31.6 Å². The van der Waals surface area contributed by atoms with Crippen molar-refractivity contribution in [3.8, 4) is 0 Å². The third kappa shape index (κ3) is 3.19. The van der Waals surface area contributed by atoms with Gasteiger partial charge in [-0.2, -0.15) is 0 Å². The molecule has 0 bridgehead atoms. The van der Waals surface area contributed by atoms with Crippen molar-refractivity contribution >= 4 is 17.0 Å². The van der Waals surface area contributed by atoms with Gasteiger partial charge in [0, 0.05) is 29.1 Å². The predicted molar refractivity (Wildman–Crippen MR) is 82.5 cm³/mol. The van der Waals surface area contributed by atoms with Crippen LogP contribution in [0.4, 0.5) is 4.79 Å². The number of carbonyl (C=O) groups excluding carboxylic acids is 1. The summed E-state index contributed by atoms with van der Waals surface area (Å²) in [5, 5.41) is 2.75. The molecule has 1 fully saturated rings. The zero-order chi connectivity index (χ0) is 21.1. The minimum Gasteiger partial charge on any atom is -0.447 e. The Morgan fingerprint density at radius 2 is 2.43 bits per heavy atom. The number of cyclic esters (lactones) is 1. The highest BCUT2D eigenvalue weighted by atomic mass is 16.6. The number of nitrogens with zero attached hydrogens (tertiary/aromatic N) is 1. The molecule has 0 unspecified atom stereocenters. The number of fused-ring (bicyclic) bond motifs is 1. The maximum atomic E-state index is 11.3. The monoisotopic (exact) mass is 294 g/mol. The number of nitrogens with one attached hydrogen (secondary N) is 2. The molecular formula is C16H21N3O2. The number of aryl methyl sites for hydroxylation is 1. The molecule has 112 valence electrons. The molecule has 1 amide bonds. The molecule has 2 aromatic rings. The van der Waals surface area contributed by atoms with Crippen molar-refractivity contribution in [3.05, 3.63) is 35.5 Å². The molecule has 1 aliphatic heterocycles. The number of hydrogen-bond donors (Lipinski definition) is 2. The molecule has 0 spiro atoms. The Balaban J connectivity index is 2.05. The molecule has 21 heavy (non-hydrogen) atoms. The number of aromatic nitrogens is 1. The molecule has 1 saturated heterocycles. The summed E-state index contributed by atoms with van der Waals surface area (Å²) in [5.74, 6) is 0. The van der Waals surface area contributed by atoms with Gasteiger partial charge in [-0.15, -0.1) is 0 Å². The van der Waals surface area contributed by atoms with Gasteiger partial charge in [-0.25, -0.2) is 4.79 Å². The van der Waals surface area contributed by atoms with E-state index in [1.807, 2.05) is 0 Å². The first kappa shape index (κ1) is 7.84. The Labute approximate surface area is 134 Å². The Hall–Kier alpha value is -2.01. The van der Waals surface area contributed by atoms with Crippen LogP contribution in [0, 0.1) is 0 Å². The first-order valence-corrected chi connectivity index (χ1v) is 6.56. The lowest BCUT2D eigenvalue weighted by molar-refractivity contribution is 0.177. The van der Waals surface area contributed by atoms with Gasteiger partial charge in [-0.05, 0) is 50.1 Å². The van der Waals surface area contributed by atoms with E-state index in [9.17, 15) is 4.79 Å². The number of benzene rings is 1. The van der Waals surface area contributed by atoms with Crippen molar-refractivity contribution in [1.82, 2.24) is 15.2 Å². The van der Waals surface area contributed by atoms with Crippen LogP contribution in [0.25, 0.3) is 10.9 Å². The smallest absolute Gasteiger partial charge is 0.407 e. The zero-order valence-electron chi connectivity index (χ0n) is 18.8. The van der Waals surface area contributed by atoms with Crippen LogP contribution in [0.1, 0.15) is 20.7 Å². The van der Waals surface area contributed by atoms with E-state index in [1.54, 1.807) is 18.2 Å². The van der Waals surface area contributed by atoms with E-state index in [-0.39, 0.29) is 18.2 Å². The Morgan fingerprint density at radius 3 is 3.14 bits per heavy atom. The lowest BCUT2D eigenvalue weighted by atomic mass is 10.0. The summed E-state index contributed by atoms with van der Waals surface area (Å²) in [4.78, 5) is 15.2. The van der Waals surface area contributed by atoms with Gasteiger partial charge < -0.3 is 19.9 Å². The van der Waals surface area contributed by atoms with E-state index in [4.69, 9.17) is 9.60 Å². The zero-order valence-corrected chi connectivity index (χ0v) is 11.8. The summed E-state index contributed by atoms with van der Waals surface area (Å²) < 4.78 is 61.4. The van der Waals surface area contributed by atoms with Crippen LogP contribution in [-0.4, -0.2) is 49.2 Å². The van der Waals surface area contributed by atoms with E-state index in [2.05, 4.69) is 15.0 Å². The average molecular weight is 294 g/mol. The number of alkyl carbamates (subject to hydrolysis) is 1. The van der Waals surface area contributed by atoms with Gasteiger partial charge in [0.1, 0.15) is 6.56 Å². The molecule has 2 N–H and O–H groups in total. The van der Waals surface area contributed by atoms with Crippen LogP contribution in [0.15, 0.2) is 24.4 Å². The van der Waals surface area contributed by atoms with Gasteiger partial charge in [0.15, 0.2) is 0 Å². The van der Waals surface area contributed by atoms with Crippen LogP contribution < -0.4 is 5.32 Å². The van der Waals surface area contributed by atoms with Crippen molar-refractivity contribution in [2.24, 2.45) is 0 Å². The molecule has 1 atom stereocenters. The molecule has 0 radical (unpaired) electrons. The Morgan fingerprint density at radius 1 is 1.57 bits per heavy atom. The van der Waals surface area contributed by atoms with E-state index in [0.717, 1.165) is 4.90 Å². The summed E-state index contributed by atoms with van der Waals surface area (Å²) in [7, 11) is 2.85. The lowest BCUT2D eigenvalue weighted by Crippen LogP contribution is -2.28. The third-order valence-corrected chi connectivity index (χ3v) is 3.11. The second-order valence-electron chi connectivity index (χ2n) is 5.04. The van der Waals surface area contributed by atoms with Gasteiger partial charge >= 0.3 is 6.09 Å². The minimum absolute atomic E-state index is 0.0935. The molecule has 1 aromatic heterocycles. The summed E-state index contributed by atoms with van der Waals surface area (Å²) in [5.41, 5.74) is 0.948. The fraction of sp³-hybridized carbons (Fsp3) is 0.438. The number of carbonyl (C=O) groups is 1. The normalized spacial score (nSPS) is 26.9. The van der Waals surface area contributed by atoms with Crippen LogP contribution in [0.5, 0.6) is 0 Å². The van der Waals surface area contributed by atoms with Gasteiger partial charge in [-0.3, -0.25) is 0 Å². The molecule has 5 heteroatoms. The number of likely N-dealkylation sites (N-methyl/N-ethyl adjacent to an activating group) is 1. The molecular weight excluding hydrogens is 266 g/mol. The Bertz CT molecular complexity index is 926. The predicted octanol–water partition coefficient (Wildman–Crippen LogP) is 1.92. The van der Waals surface area contributed by atoms with Gasteiger partial charge in [-0.1, -0.05) is 6.07 Å². The fourth-order valence-electron chi connectivity index (χ4n) is 2.15. The topological polar surface area (TPSA) is 57.4 Å². The summed E-state index contributed by atoms with van der Waals surface area (Å²) >= 11 is 0. The largest absolute Gasteiger partial charge is 0.447 e. The van der Waals surface area contributed by atoms with Crippen LogP contribution in [0.2, 0.25) is 0 Å². The quantitative estimate of drug-likeness (QED) is 0.886. The van der Waals surface area contributed by atoms with Crippen molar-refractivity contribution < 1.29 is 19.1 Å². The molecule has 0 saturated carbocycles. The molecule has 1 aromatic carbocycles. The highest BCUT2D eigenvalue weighted by Gasteiger charge is 2.22. The second-order valence-corrected chi connectivity index (χ2v) is 5.04. The second kappa shape index (κ2) is 5.77. The highest BCUT2D eigenvalue weighted by Crippen LogP contribution is 2.21. The van der Waals surface area contributed by atoms with E-state index >= 15 is 0 Å². The summed E-state index contributed by atoms with van der Waals surface area (Å²) in [6, 6.07) is 3.98. The number of ether oxygens (including phenoxy) is 1. The van der Waals surface area contributed by atoms with E-state index in [1.165, 1.54) is 14.1 Å². The number of rotatable bonds is 5. The van der Waals surface area contributed by atoms with Gasteiger partial charge in [0.05, 0.1) is 10.2 Å². The van der Waals surface area contributed by atoms with Crippen LogP contribution in [-0.2, 0) is 17.5 Å². The highest BCUT2D eigenvalue weighted by molar-refractivity contribution is 5.84. The maximum Gasteiger partial charge on any atom is 0.407 e. The summed E-state index contributed by atoms with van der Waals surface area (Å²) in [6.45, 7) is -4.55. The average Bonchev–Trinajstić information content (AvgIpc) is 3.01. The van der Waals surface area contributed by atoms with Crippen molar-refractivity contribution in [2.75, 3.05) is 27.2 Å². The summed E-state index contributed by atoms with van der Waals surface area (Å²) in [6.07, 6.45) is -3.47. The molecule has 3 rings (SSSR count). The maximum absolute atomic E-state index is 11.3. The van der Waals surface area contributed by atoms with Gasteiger partial charge in [0.25, 0.3) is 0 Å². The van der Waals surface area contributed by atoms with E-state index in [0.29, 0.717) is 16.5 Å². The number of H-pyrrole nitrogens is 1.